The molecule has 0 aromatic heterocycles. The van der Waals surface area contributed by atoms with Gasteiger partial charge >= 0.3 is 13.2 Å². The third-order valence-electron chi connectivity index (χ3n) is 15.2. The summed E-state index contributed by atoms with van der Waals surface area (Å²) < 4.78 is 105. The first-order valence-corrected chi connectivity index (χ1v) is 26.5. The molecule has 6 aromatic carbocycles. The van der Waals surface area contributed by atoms with Gasteiger partial charge in [-0.2, -0.15) is 17.6 Å². The van der Waals surface area contributed by atoms with E-state index in [9.17, 15) is 47.6 Å². The van der Waals surface area contributed by atoms with Crippen molar-refractivity contribution in [2.75, 3.05) is 13.1 Å². The van der Waals surface area contributed by atoms with Crippen LogP contribution in [0.4, 0.5) is 26.3 Å². The maximum Gasteiger partial charge on any atom is 0.387 e. The van der Waals surface area contributed by atoms with Crippen LogP contribution in [-0.2, 0) is 11.2 Å². The van der Waals surface area contributed by atoms with E-state index in [0.717, 1.165) is 49.9 Å². The molecule has 0 bridgehead atoms. The Morgan fingerprint density at radius 3 is 1.21 bits per heavy atom. The highest BCUT2D eigenvalue weighted by Gasteiger charge is 2.53. The maximum atomic E-state index is 15.8. The molecule has 2 aliphatic carbocycles. The fourth-order valence-electron chi connectivity index (χ4n) is 11.2. The first-order valence-electron chi connectivity index (χ1n) is 25.7. The summed E-state index contributed by atoms with van der Waals surface area (Å²) >= 11 is 13.1. The highest BCUT2D eigenvalue weighted by Crippen LogP contribution is 2.57. The summed E-state index contributed by atoms with van der Waals surface area (Å²) in [6, 6.07) is 27.8. The van der Waals surface area contributed by atoms with Crippen molar-refractivity contribution in [3.05, 3.63) is 164 Å². The number of aliphatic hydroxyl groups excluding tert-OH is 4. The van der Waals surface area contributed by atoms with Crippen molar-refractivity contribution in [1.82, 2.24) is 10.6 Å². The van der Waals surface area contributed by atoms with Crippen LogP contribution in [-0.4, -0.2) is 82.8 Å². The molecule has 6 aromatic rings. The average Bonchev–Trinajstić information content (AvgIpc) is 4.10. The van der Waals surface area contributed by atoms with Gasteiger partial charge in [-0.1, -0.05) is 83.9 Å². The Morgan fingerprint density at radius 2 is 0.887 bits per heavy atom. The standard InChI is InChI=1S/2C29H28ClF3N2O5/c2*30-19-11-13-20-24(23(19)22-18(27(34)38)10-12-21(25(22)31)39-28(32)33)26(37)29(40-20,15-4-2-1-3-5-15)14-35-16-6-8-17(36)9-7-16/h2*1-5,10-13,16-17,26,28,35-37H,6-9,14H2,(H2,34,38)/t2*16?,17?,26-,29+/m00/s1. The smallest absolute Gasteiger partial charge is 0.387 e. The van der Waals surface area contributed by atoms with Gasteiger partial charge in [0, 0.05) is 68.6 Å². The molecule has 0 spiro atoms. The van der Waals surface area contributed by atoms with Crippen LogP contribution < -0.4 is 41.0 Å². The van der Waals surface area contributed by atoms with Crippen molar-refractivity contribution in [3.63, 3.8) is 0 Å². The topological polar surface area (TPSA) is 228 Å². The normalized spacial score (nSPS) is 24.0. The molecule has 2 fully saturated rings. The van der Waals surface area contributed by atoms with Crippen LogP contribution in [0, 0.1) is 11.6 Å². The predicted octanol–water partition coefficient (Wildman–Crippen LogP) is 10.1. The molecule has 80 heavy (non-hydrogen) atoms. The number of rotatable bonds is 16. The summed E-state index contributed by atoms with van der Waals surface area (Å²) in [5.74, 6) is -5.91. The van der Waals surface area contributed by atoms with Crippen molar-refractivity contribution in [2.45, 2.75) is 112 Å². The summed E-state index contributed by atoms with van der Waals surface area (Å²) in [5, 5.41) is 50.5. The molecule has 2 aliphatic heterocycles. The lowest BCUT2D eigenvalue weighted by molar-refractivity contribution is -0.0527. The minimum absolute atomic E-state index is 0.0601. The van der Waals surface area contributed by atoms with E-state index in [-0.39, 0.29) is 92.3 Å². The number of fused-ring (bicyclic) bond motifs is 2. The highest BCUT2D eigenvalue weighted by molar-refractivity contribution is 6.34. The van der Waals surface area contributed by atoms with Crippen molar-refractivity contribution < 1.29 is 75.3 Å². The number of carbonyl (C=O) groups excluding carboxylic acids is 2. The fraction of sp³-hybridized carbons (Fsp3) is 0.345. The van der Waals surface area contributed by atoms with Crippen LogP contribution >= 0.6 is 23.2 Å². The van der Waals surface area contributed by atoms with E-state index in [1.807, 2.05) is 12.1 Å². The van der Waals surface area contributed by atoms with E-state index in [1.54, 1.807) is 48.5 Å². The second-order valence-corrected chi connectivity index (χ2v) is 20.9. The predicted molar refractivity (Wildman–Crippen MR) is 284 cm³/mol. The summed E-state index contributed by atoms with van der Waals surface area (Å²) in [4.78, 5) is 24.7. The minimum Gasteiger partial charge on any atom is -0.478 e. The number of primary amides is 2. The van der Waals surface area contributed by atoms with Gasteiger partial charge in [-0.15, -0.1) is 0 Å². The number of ether oxygens (including phenoxy) is 4. The molecule has 2 amide bonds. The van der Waals surface area contributed by atoms with Gasteiger partial charge in [-0.25, -0.2) is 8.78 Å². The molecule has 0 saturated heterocycles. The van der Waals surface area contributed by atoms with Gasteiger partial charge in [0.1, 0.15) is 23.7 Å². The first kappa shape index (κ1) is 58.0. The molecule has 4 atom stereocenters. The zero-order chi connectivity index (χ0) is 57.2. The third kappa shape index (κ3) is 11.5. The molecule has 14 nitrogen and oxygen atoms in total. The lowest BCUT2D eigenvalue weighted by Crippen LogP contribution is -2.48. The largest absolute Gasteiger partial charge is 0.478 e. The quantitative estimate of drug-likeness (QED) is 0.0424. The van der Waals surface area contributed by atoms with E-state index >= 15 is 8.78 Å². The molecule has 2 saturated carbocycles. The number of nitrogens with one attached hydrogen (secondary N) is 2. The van der Waals surface area contributed by atoms with Crippen molar-refractivity contribution in [1.29, 1.82) is 0 Å². The van der Waals surface area contributed by atoms with Crippen LogP contribution in [0.15, 0.2) is 109 Å². The van der Waals surface area contributed by atoms with Gasteiger partial charge in [-0.05, 0) is 111 Å². The zero-order valence-electron chi connectivity index (χ0n) is 42.5. The second kappa shape index (κ2) is 24.2. The Kier molecular flexibility index (Phi) is 17.6. The molecule has 0 radical (unpaired) electrons. The second-order valence-electron chi connectivity index (χ2n) is 20.0. The van der Waals surface area contributed by atoms with Crippen molar-refractivity contribution in [3.8, 4) is 45.3 Å². The Labute approximate surface area is 465 Å². The Morgan fingerprint density at radius 1 is 0.537 bits per heavy atom. The van der Waals surface area contributed by atoms with E-state index in [0.29, 0.717) is 36.8 Å². The molecule has 424 valence electrons. The molecule has 10 rings (SSSR count). The summed E-state index contributed by atoms with van der Waals surface area (Å²) in [7, 11) is 0. The monoisotopic (exact) mass is 1150 g/mol. The third-order valence-corrected chi connectivity index (χ3v) is 15.9. The SMILES string of the molecule is NC(=O)c1ccc(OC(F)F)c(F)c1-c1c(Cl)ccc2c1[C@H](O)[C@@](CNC1CCC(O)CC1)(c1ccccc1)O2.NC(=O)c1ccc(OC(F)F)c(F)c1-c1c(Cl)ccc2c1[C@H](O)[C@@](CNC1CCC(O)CC1)(c1ccccc1)O2. The number of hydrogen-bond acceptors (Lipinski definition) is 12. The molecular formula is C58H56Cl2F6N4O10. The number of amides is 2. The number of nitrogens with two attached hydrogens (primary N) is 2. The van der Waals surface area contributed by atoms with E-state index < -0.39 is 82.7 Å². The van der Waals surface area contributed by atoms with Crippen LogP contribution in [0.1, 0.15) is 107 Å². The number of carbonyl (C=O) groups is 2. The number of halogens is 8. The van der Waals surface area contributed by atoms with Gasteiger partial charge in [-0.3, -0.25) is 9.59 Å². The molecule has 4 aliphatic rings. The fourth-order valence-corrected chi connectivity index (χ4v) is 11.7. The number of aliphatic hydroxyl groups is 4. The molecular weight excluding hydrogens is 1100 g/mol. The van der Waals surface area contributed by atoms with Crippen molar-refractivity contribution in [2.24, 2.45) is 11.5 Å². The average molecular weight is 1150 g/mol. The van der Waals surface area contributed by atoms with E-state index in [2.05, 4.69) is 20.1 Å². The van der Waals surface area contributed by atoms with E-state index in [4.69, 9.17) is 44.1 Å². The maximum absolute atomic E-state index is 15.8. The Balaban J connectivity index is 0.000000194. The highest BCUT2D eigenvalue weighted by atomic mass is 35.5. The zero-order valence-corrected chi connectivity index (χ0v) is 44.0. The van der Waals surface area contributed by atoms with Crippen LogP contribution in [0.3, 0.4) is 0 Å². The summed E-state index contributed by atoms with van der Waals surface area (Å²) in [5.41, 5.74) is 7.81. The summed E-state index contributed by atoms with van der Waals surface area (Å²) in [6.45, 7) is -6.37. The molecule has 10 N–H and O–H groups in total. The summed E-state index contributed by atoms with van der Waals surface area (Å²) in [6.07, 6.45) is 1.96. The first-order chi connectivity index (χ1) is 38.2. The van der Waals surface area contributed by atoms with Gasteiger partial charge in [0.2, 0.25) is 11.8 Å². The van der Waals surface area contributed by atoms with Crippen LogP contribution in [0.25, 0.3) is 22.3 Å². The minimum atomic E-state index is -3.33. The van der Waals surface area contributed by atoms with Gasteiger partial charge < -0.3 is 61.5 Å². The molecule has 2 heterocycles. The Bertz CT molecular complexity index is 3020. The van der Waals surface area contributed by atoms with E-state index in [1.165, 1.54) is 24.3 Å². The number of alkyl halides is 4. The van der Waals surface area contributed by atoms with Crippen LogP contribution in [0.5, 0.6) is 23.0 Å². The Hall–Kier alpha value is -6.62. The van der Waals surface area contributed by atoms with Gasteiger partial charge in [0.05, 0.1) is 23.3 Å². The van der Waals surface area contributed by atoms with Gasteiger partial charge in [0.25, 0.3) is 0 Å². The lowest BCUT2D eigenvalue weighted by atomic mass is 9.82. The molecule has 22 heteroatoms. The van der Waals surface area contributed by atoms with Crippen LogP contribution in [0.2, 0.25) is 10.0 Å². The van der Waals surface area contributed by atoms with Gasteiger partial charge in [0.15, 0.2) is 34.3 Å². The lowest BCUT2D eigenvalue weighted by Gasteiger charge is -2.36. The number of hydrogen-bond donors (Lipinski definition) is 8. The molecule has 0 unspecified atom stereocenters. The number of benzene rings is 6. The van der Waals surface area contributed by atoms with Crippen molar-refractivity contribution >= 4 is 35.0 Å².